The zero-order valence-electron chi connectivity index (χ0n) is 5.02. The first-order valence-corrected chi connectivity index (χ1v) is 3.10. The number of carboxylic acid groups (broad SMARTS) is 1. The molecule has 52 valence electrons. The average Bonchev–Trinajstić information content (AvgIpc) is 1.88. The Morgan fingerprint density at radius 2 is 2.50 bits per heavy atom. The first-order valence-electron chi connectivity index (χ1n) is 2.69. The zero-order valence-corrected chi connectivity index (χ0v) is 5.84. The number of aliphatic imine (C=N–C) groups is 1. The predicted octanol–water partition coefficient (Wildman–Crippen LogP) is 0.655. The number of carbonyl (C=O) groups is 1. The number of dihydropyridines is 1. The zero-order chi connectivity index (χ0) is 7.56. The molecule has 0 aromatic rings. The van der Waals surface area contributed by atoms with Crippen LogP contribution in [0, 0.1) is 5.92 Å². The van der Waals surface area contributed by atoms with E-state index in [1.54, 1.807) is 6.08 Å². The highest BCUT2D eigenvalue weighted by Crippen LogP contribution is 2.07. The van der Waals surface area contributed by atoms with Gasteiger partial charge in [0.2, 0.25) is 0 Å². The van der Waals surface area contributed by atoms with Crippen LogP contribution in [0.25, 0.3) is 0 Å². The third kappa shape index (κ3) is 1.27. The second-order valence-corrected chi connectivity index (χ2v) is 2.24. The highest BCUT2D eigenvalue weighted by Gasteiger charge is 2.19. The predicted molar refractivity (Wildman–Crippen MR) is 41.4 cm³/mol. The summed E-state index contributed by atoms with van der Waals surface area (Å²) in [6.45, 7) is 0. The summed E-state index contributed by atoms with van der Waals surface area (Å²) in [5, 5.41) is 8.50. The fourth-order valence-electron chi connectivity index (χ4n) is 0.628. The van der Waals surface area contributed by atoms with Crippen molar-refractivity contribution in [2.45, 2.75) is 0 Å². The van der Waals surface area contributed by atoms with Crippen LogP contribution in [-0.2, 0) is 4.79 Å². The van der Waals surface area contributed by atoms with E-state index < -0.39 is 11.9 Å². The Kier molecular flexibility index (Phi) is 1.91. The van der Waals surface area contributed by atoms with Crippen molar-refractivity contribution in [3.63, 3.8) is 0 Å². The molecule has 0 spiro atoms. The van der Waals surface area contributed by atoms with Crippen molar-refractivity contribution >= 4 is 29.4 Å². The lowest BCUT2D eigenvalue weighted by molar-refractivity contribution is -0.138. The number of thiocarbonyl (C=S) groups is 1. The van der Waals surface area contributed by atoms with Crippen molar-refractivity contribution in [3.8, 4) is 0 Å². The number of carboxylic acids is 1. The third-order valence-electron chi connectivity index (χ3n) is 1.12. The minimum absolute atomic E-state index is 0.218. The maximum absolute atomic E-state index is 10.4. The van der Waals surface area contributed by atoms with Gasteiger partial charge in [0.25, 0.3) is 0 Å². The molecule has 1 N–H and O–H groups in total. The normalized spacial score (nSPS) is 23.2. The lowest BCUT2D eigenvalue weighted by atomic mass is 10.1. The van der Waals surface area contributed by atoms with Gasteiger partial charge in [0.1, 0.15) is 10.9 Å². The molecule has 4 heteroatoms. The van der Waals surface area contributed by atoms with E-state index >= 15 is 0 Å². The smallest absolute Gasteiger partial charge is 0.317 e. The summed E-state index contributed by atoms with van der Waals surface area (Å²) in [5.41, 5.74) is 0. The topological polar surface area (TPSA) is 49.7 Å². The molecule has 0 aromatic carbocycles. The summed E-state index contributed by atoms with van der Waals surface area (Å²) in [6, 6.07) is 0. The fourth-order valence-corrected chi connectivity index (χ4v) is 0.868. The van der Waals surface area contributed by atoms with E-state index in [2.05, 4.69) is 17.2 Å². The van der Waals surface area contributed by atoms with Gasteiger partial charge in [-0.25, -0.2) is 4.99 Å². The lowest BCUT2D eigenvalue weighted by Crippen LogP contribution is -2.20. The molecule has 0 saturated carbocycles. The summed E-state index contributed by atoms with van der Waals surface area (Å²) in [5.74, 6) is -1.65. The van der Waals surface area contributed by atoms with Crippen LogP contribution < -0.4 is 0 Å². The van der Waals surface area contributed by atoms with Crippen molar-refractivity contribution < 1.29 is 9.90 Å². The second-order valence-electron chi connectivity index (χ2n) is 1.82. The second kappa shape index (κ2) is 2.70. The molecule has 1 rings (SSSR count). The molecule has 3 nitrogen and oxygen atoms in total. The molecule has 0 radical (unpaired) electrons. The van der Waals surface area contributed by atoms with Gasteiger partial charge in [0.15, 0.2) is 0 Å². The average molecular weight is 155 g/mol. The van der Waals surface area contributed by atoms with Crippen molar-refractivity contribution in [1.82, 2.24) is 0 Å². The number of hydrogen-bond donors (Lipinski definition) is 1. The van der Waals surface area contributed by atoms with Gasteiger partial charge in [-0.1, -0.05) is 18.3 Å². The molecule has 1 heterocycles. The van der Waals surface area contributed by atoms with Gasteiger partial charge in [-0.15, -0.1) is 0 Å². The van der Waals surface area contributed by atoms with Crippen molar-refractivity contribution in [2.75, 3.05) is 0 Å². The van der Waals surface area contributed by atoms with Gasteiger partial charge in [-0.3, -0.25) is 4.79 Å². The number of aliphatic carboxylic acids is 1. The molecule has 1 aliphatic rings. The van der Waals surface area contributed by atoms with E-state index in [4.69, 9.17) is 5.11 Å². The van der Waals surface area contributed by atoms with E-state index in [1.165, 1.54) is 12.3 Å². The van der Waals surface area contributed by atoms with E-state index in [0.29, 0.717) is 0 Å². The standard InChI is InChI=1S/C6H5NO2S/c8-6(9)4-2-1-3-7-5(4)10/h1-4H,(H,8,9). The monoisotopic (exact) mass is 155 g/mol. The lowest BCUT2D eigenvalue weighted by Gasteiger charge is -2.06. The summed E-state index contributed by atoms with van der Waals surface area (Å²) in [4.78, 5) is 14.2. The van der Waals surface area contributed by atoms with Crippen LogP contribution in [0.5, 0.6) is 0 Å². The Hall–Kier alpha value is -1.03. The number of rotatable bonds is 1. The van der Waals surface area contributed by atoms with E-state index in [9.17, 15) is 4.79 Å². The number of allylic oxidation sites excluding steroid dienone is 1. The number of nitrogens with zero attached hydrogens (tertiary/aromatic N) is 1. The van der Waals surface area contributed by atoms with Crippen molar-refractivity contribution in [1.29, 1.82) is 0 Å². The quantitative estimate of drug-likeness (QED) is 0.566. The van der Waals surface area contributed by atoms with Gasteiger partial charge in [-0.05, 0) is 6.08 Å². The molecule has 1 atom stereocenters. The first-order chi connectivity index (χ1) is 4.72. The molecule has 0 aromatic heterocycles. The van der Waals surface area contributed by atoms with E-state index in [1.807, 2.05) is 0 Å². The Labute approximate surface area is 63.1 Å². The number of hydrogen-bond acceptors (Lipinski definition) is 2. The SMILES string of the molecule is O=C(O)C1C=CC=NC1=S. The first kappa shape index (κ1) is 7.08. The van der Waals surface area contributed by atoms with Gasteiger partial charge in [-0.2, -0.15) is 0 Å². The Morgan fingerprint density at radius 1 is 1.80 bits per heavy atom. The largest absolute Gasteiger partial charge is 0.480 e. The fraction of sp³-hybridized carbons (Fsp3) is 0.167. The van der Waals surface area contributed by atoms with Crippen molar-refractivity contribution in [3.05, 3.63) is 12.2 Å². The molecule has 0 amide bonds. The molecular weight excluding hydrogens is 150 g/mol. The Morgan fingerprint density at radius 3 is 2.90 bits per heavy atom. The molecule has 1 aliphatic heterocycles. The van der Waals surface area contributed by atoms with Crippen LogP contribution in [0.2, 0.25) is 0 Å². The molecular formula is C6H5NO2S. The van der Waals surface area contributed by atoms with Crippen LogP contribution in [0.15, 0.2) is 17.1 Å². The highest BCUT2D eigenvalue weighted by molar-refractivity contribution is 7.80. The molecule has 0 saturated heterocycles. The Balaban J connectivity index is 2.80. The van der Waals surface area contributed by atoms with Crippen LogP contribution in [0.1, 0.15) is 0 Å². The summed E-state index contributed by atoms with van der Waals surface area (Å²) in [7, 11) is 0. The molecule has 10 heavy (non-hydrogen) atoms. The van der Waals surface area contributed by atoms with Crippen LogP contribution in [0.3, 0.4) is 0 Å². The maximum Gasteiger partial charge on any atom is 0.317 e. The van der Waals surface area contributed by atoms with Crippen LogP contribution >= 0.6 is 12.2 Å². The summed E-state index contributed by atoms with van der Waals surface area (Å²) < 4.78 is 0. The molecule has 0 aliphatic carbocycles. The molecule has 0 fully saturated rings. The van der Waals surface area contributed by atoms with Gasteiger partial charge in [0, 0.05) is 6.21 Å². The summed E-state index contributed by atoms with van der Waals surface area (Å²) >= 11 is 4.67. The Bertz CT molecular complexity index is 232. The molecule has 1 unspecified atom stereocenters. The van der Waals surface area contributed by atoms with Gasteiger partial charge < -0.3 is 5.11 Å². The van der Waals surface area contributed by atoms with Crippen LogP contribution in [0.4, 0.5) is 0 Å². The summed E-state index contributed by atoms with van der Waals surface area (Å²) in [6.07, 6.45) is 4.58. The van der Waals surface area contributed by atoms with E-state index in [-0.39, 0.29) is 4.99 Å². The maximum atomic E-state index is 10.4. The van der Waals surface area contributed by atoms with Gasteiger partial charge >= 0.3 is 5.97 Å². The molecule has 0 bridgehead atoms. The minimum Gasteiger partial charge on any atom is -0.480 e. The van der Waals surface area contributed by atoms with E-state index in [0.717, 1.165) is 0 Å². The van der Waals surface area contributed by atoms with Gasteiger partial charge in [0.05, 0.1) is 0 Å². The van der Waals surface area contributed by atoms with Crippen LogP contribution in [-0.4, -0.2) is 22.3 Å². The highest BCUT2D eigenvalue weighted by atomic mass is 32.1. The third-order valence-corrected chi connectivity index (χ3v) is 1.48. The minimum atomic E-state index is -0.946. The van der Waals surface area contributed by atoms with Crippen molar-refractivity contribution in [2.24, 2.45) is 10.9 Å².